The standard InChI is InChI=1S/C38H52F2N10O2/c1-24-17-26(3)49(46-24)36-42-32(27(4)51)22-34(44-36)45-37(5)10-6-7-28(23-37)19-31-18-25(2)47-50(31)35-21-30(48-13-15-52-16-14-48)20-33(43-35)41-29-8-11-38(39,40)12-9-29/h17-18,20-22,27-29,51H,6-16,19,23H2,1-5H3,(H,41,43)(H,42,44,45). The lowest BCUT2D eigenvalue weighted by Crippen LogP contribution is -2.41. The molecule has 1 aliphatic heterocycles. The van der Waals surface area contributed by atoms with Crippen LogP contribution in [0.4, 0.5) is 26.1 Å². The van der Waals surface area contributed by atoms with Crippen LogP contribution in [-0.4, -0.2) is 83.4 Å². The number of ether oxygens (including phenoxy) is 1. The second-order valence-electron chi connectivity index (χ2n) is 15.5. The molecular formula is C38H52F2N10O2. The molecular weight excluding hydrogens is 666 g/mol. The molecule has 3 N–H and O–H groups in total. The summed E-state index contributed by atoms with van der Waals surface area (Å²) >= 11 is 0. The van der Waals surface area contributed by atoms with Crippen LogP contribution < -0.4 is 15.5 Å². The van der Waals surface area contributed by atoms with E-state index in [0.717, 1.165) is 79.5 Å². The van der Waals surface area contributed by atoms with Gasteiger partial charge in [-0.2, -0.15) is 15.2 Å². The van der Waals surface area contributed by atoms with E-state index in [1.54, 1.807) is 11.6 Å². The zero-order chi connectivity index (χ0) is 36.6. The molecule has 4 aromatic heterocycles. The second kappa shape index (κ2) is 14.7. The van der Waals surface area contributed by atoms with Crippen molar-refractivity contribution < 1.29 is 18.6 Å². The fraction of sp³-hybridized carbons (Fsp3) is 0.605. The van der Waals surface area contributed by atoms with Crippen LogP contribution in [-0.2, 0) is 11.2 Å². The predicted octanol–water partition coefficient (Wildman–Crippen LogP) is 6.65. The van der Waals surface area contributed by atoms with Crippen LogP contribution in [0.2, 0.25) is 0 Å². The van der Waals surface area contributed by atoms with Crippen LogP contribution in [0.15, 0.2) is 30.3 Å². The Morgan fingerprint density at radius 2 is 1.63 bits per heavy atom. The fourth-order valence-electron chi connectivity index (χ4n) is 8.15. The summed E-state index contributed by atoms with van der Waals surface area (Å²) in [7, 11) is 0. The minimum absolute atomic E-state index is 0.0542. The van der Waals surface area contributed by atoms with Crippen molar-refractivity contribution in [3.05, 3.63) is 58.8 Å². The first-order valence-corrected chi connectivity index (χ1v) is 18.8. The van der Waals surface area contributed by atoms with Gasteiger partial charge in [-0.3, -0.25) is 0 Å². The lowest BCUT2D eigenvalue weighted by molar-refractivity contribution is -0.0361. The average Bonchev–Trinajstić information content (AvgIpc) is 3.65. The minimum atomic E-state index is -2.59. The van der Waals surface area contributed by atoms with Crippen molar-refractivity contribution in [1.82, 2.24) is 34.5 Å². The topological polar surface area (TPSA) is 131 Å². The molecule has 2 saturated carbocycles. The van der Waals surface area contributed by atoms with Crippen LogP contribution in [0.1, 0.15) is 99.8 Å². The lowest BCUT2D eigenvalue weighted by atomic mass is 9.75. The number of hydrogen-bond donors (Lipinski definition) is 3. The quantitative estimate of drug-likeness (QED) is 0.164. The van der Waals surface area contributed by atoms with Gasteiger partial charge in [-0.05, 0) is 91.2 Å². The maximum absolute atomic E-state index is 13.9. The summed E-state index contributed by atoms with van der Waals surface area (Å²) in [6, 6.07) is 10.0. The second-order valence-corrected chi connectivity index (χ2v) is 15.5. The Balaban J connectivity index is 1.12. The van der Waals surface area contributed by atoms with Crippen LogP contribution in [0, 0.1) is 26.7 Å². The van der Waals surface area contributed by atoms with E-state index in [0.29, 0.717) is 55.3 Å². The van der Waals surface area contributed by atoms with Crippen molar-refractivity contribution in [2.45, 2.75) is 116 Å². The number of aromatic nitrogens is 7. The van der Waals surface area contributed by atoms with Crippen LogP contribution >= 0.6 is 0 Å². The number of aliphatic hydroxyl groups is 1. The molecule has 0 amide bonds. The van der Waals surface area contributed by atoms with E-state index < -0.39 is 12.0 Å². The van der Waals surface area contributed by atoms with E-state index in [2.05, 4.69) is 44.7 Å². The van der Waals surface area contributed by atoms with Crippen LogP contribution in [0.3, 0.4) is 0 Å². The van der Waals surface area contributed by atoms with E-state index in [-0.39, 0.29) is 24.4 Å². The highest BCUT2D eigenvalue weighted by atomic mass is 19.3. The summed E-state index contributed by atoms with van der Waals surface area (Å²) < 4.78 is 37.2. The minimum Gasteiger partial charge on any atom is -0.387 e. The monoisotopic (exact) mass is 718 g/mol. The van der Waals surface area contributed by atoms with Crippen LogP contribution in [0.5, 0.6) is 0 Å². The predicted molar refractivity (Wildman–Crippen MR) is 197 cm³/mol. The Bertz CT molecular complexity index is 1860. The number of nitrogens with zero attached hydrogens (tertiary/aromatic N) is 8. The van der Waals surface area contributed by atoms with Crippen LogP contribution in [0.25, 0.3) is 11.8 Å². The molecule has 0 bridgehead atoms. The van der Waals surface area contributed by atoms with Gasteiger partial charge < -0.3 is 25.4 Å². The maximum Gasteiger partial charge on any atom is 0.253 e. The number of hydrogen-bond acceptors (Lipinski definition) is 10. The molecule has 0 radical (unpaired) electrons. The highest BCUT2D eigenvalue weighted by Crippen LogP contribution is 2.38. The van der Waals surface area contributed by atoms with Gasteiger partial charge in [0, 0.05) is 72.8 Å². The number of pyridine rings is 1. The third-order valence-electron chi connectivity index (χ3n) is 10.7. The Hall–Kier alpha value is -4.17. The van der Waals surface area contributed by atoms with Crippen molar-refractivity contribution in [2.24, 2.45) is 5.92 Å². The molecule has 0 aromatic carbocycles. The summed E-state index contributed by atoms with van der Waals surface area (Å²) in [6.07, 6.45) is 4.70. The smallest absolute Gasteiger partial charge is 0.253 e. The number of alkyl halides is 2. The molecule has 12 nitrogen and oxygen atoms in total. The van der Waals surface area contributed by atoms with Gasteiger partial charge in [0.1, 0.15) is 11.6 Å². The SMILES string of the molecule is Cc1cc(C)n(-c2nc(NC3(C)CCCC(Cc4cc(C)nn4-c4cc(N5CCOCC5)cc(NC5CCC(F)(F)CC5)n4)C3)cc(C(C)O)n2)n1. The Morgan fingerprint density at radius 1 is 0.904 bits per heavy atom. The summed E-state index contributed by atoms with van der Waals surface area (Å²) in [5.74, 6) is 0.293. The first-order valence-electron chi connectivity index (χ1n) is 18.8. The molecule has 52 heavy (non-hydrogen) atoms. The van der Waals surface area contributed by atoms with E-state index in [1.807, 2.05) is 43.7 Å². The molecule has 0 spiro atoms. The molecule has 2 aliphatic carbocycles. The molecule has 7 rings (SSSR count). The largest absolute Gasteiger partial charge is 0.387 e. The molecule has 3 unspecified atom stereocenters. The Kier molecular flexibility index (Phi) is 10.2. The van der Waals surface area contributed by atoms with Crippen molar-refractivity contribution in [1.29, 1.82) is 0 Å². The van der Waals surface area contributed by atoms with Crippen molar-refractivity contribution in [3.8, 4) is 11.8 Å². The molecule has 3 atom stereocenters. The van der Waals surface area contributed by atoms with E-state index in [9.17, 15) is 13.9 Å². The van der Waals surface area contributed by atoms with Gasteiger partial charge in [0.2, 0.25) is 5.92 Å². The van der Waals surface area contributed by atoms with Gasteiger partial charge in [0.25, 0.3) is 5.95 Å². The summed E-state index contributed by atoms with van der Waals surface area (Å²) in [5.41, 5.74) is 5.13. The summed E-state index contributed by atoms with van der Waals surface area (Å²) in [6.45, 7) is 12.7. The highest BCUT2D eigenvalue weighted by molar-refractivity contribution is 5.59. The Morgan fingerprint density at radius 3 is 2.35 bits per heavy atom. The number of morpholine rings is 1. The number of rotatable bonds is 10. The molecule has 280 valence electrons. The number of aryl methyl sites for hydroxylation is 3. The first kappa shape index (κ1) is 36.2. The van der Waals surface area contributed by atoms with Crippen molar-refractivity contribution in [3.63, 3.8) is 0 Å². The lowest BCUT2D eigenvalue weighted by Gasteiger charge is -2.39. The first-order chi connectivity index (χ1) is 24.8. The van der Waals surface area contributed by atoms with Gasteiger partial charge in [0.15, 0.2) is 5.82 Å². The van der Waals surface area contributed by atoms with Gasteiger partial charge in [-0.25, -0.2) is 28.1 Å². The normalized spacial score (nSPS) is 23.1. The van der Waals surface area contributed by atoms with Gasteiger partial charge in [0.05, 0.1) is 36.4 Å². The average molecular weight is 719 g/mol. The number of aliphatic hydroxyl groups excluding tert-OH is 1. The van der Waals surface area contributed by atoms with E-state index in [1.165, 1.54) is 0 Å². The molecule has 14 heteroatoms. The number of anilines is 3. The van der Waals surface area contributed by atoms with Crippen molar-refractivity contribution in [2.75, 3.05) is 41.8 Å². The fourth-order valence-corrected chi connectivity index (χ4v) is 8.15. The summed E-state index contributed by atoms with van der Waals surface area (Å²) in [4.78, 5) is 16.8. The van der Waals surface area contributed by atoms with E-state index in [4.69, 9.17) is 19.8 Å². The zero-order valence-corrected chi connectivity index (χ0v) is 31.0. The number of nitrogens with one attached hydrogen (secondary N) is 2. The molecule has 4 aromatic rings. The Labute approximate surface area is 304 Å². The summed E-state index contributed by atoms with van der Waals surface area (Å²) in [5, 5.41) is 27.3. The van der Waals surface area contributed by atoms with Crippen molar-refractivity contribution >= 4 is 17.3 Å². The zero-order valence-electron chi connectivity index (χ0n) is 31.0. The maximum atomic E-state index is 13.9. The molecule has 1 saturated heterocycles. The van der Waals surface area contributed by atoms with Gasteiger partial charge >= 0.3 is 0 Å². The molecule has 3 fully saturated rings. The highest BCUT2D eigenvalue weighted by Gasteiger charge is 2.36. The third kappa shape index (κ3) is 8.38. The third-order valence-corrected chi connectivity index (χ3v) is 10.7. The van der Waals surface area contributed by atoms with Gasteiger partial charge in [-0.15, -0.1) is 0 Å². The number of halogens is 2. The van der Waals surface area contributed by atoms with Gasteiger partial charge in [-0.1, -0.05) is 6.42 Å². The molecule has 3 aliphatic rings. The molecule has 5 heterocycles. The van der Waals surface area contributed by atoms with E-state index >= 15 is 0 Å².